The van der Waals surface area contributed by atoms with Crippen LogP contribution in [0.4, 0.5) is 0 Å². The molecule has 0 saturated heterocycles. The van der Waals surface area contributed by atoms with Gasteiger partial charge >= 0.3 is 0 Å². The molecule has 84 valence electrons. The number of hydrogen-bond donors (Lipinski definition) is 1. The molecule has 0 bridgehead atoms. The monoisotopic (exact) mass is 360 g/mol. The highest BCUT2D eigenvalue weighted by Gasteiger charge is 2.26. The number of halogens is 2. The molecule has 0 unspecified atom stereocenters. The number of alkyl halides is 1. The van der Waals surface area contributed by atoms with Gasteiger partial charge in [-0.05, 0) is 17.7 Å². The van der Waals surface area contributed by atoms with Crippen molar-refractivity contribution in [3.05, 3.63) is 34.9 Å². The van der Waals surface area contributed by atoms with Crippen LogP contribution >= 0.6 is 34.2 Å². The molecule has 0 radical (unpaired) electrons. The van der Waals surface area contributed by atoms with E-state index < -0.39 is 19.2 Å². The van der Waals surface area contributed by atoms with Crippen LogP contribution in [0.1, 0.15) is 11.7 Å². The van der Waals surface area contributed by atoms with Crippen molar-refractivity contribution in [2.45, 2.75) is 9.36 Å². The minimum atomic E-state index is -3.26. The van der Waals surface area contributed by atoms with Gasteiger partial charge in [-0.3, -0.25) is 0 Å². The summed E-state index contributed by atoms with van der Waals surface area (Å²) in [5.41, 5.74) is 0.546. The lowest BCUT2D eigenvalue weighted by molar-refractivity contribution is 0.197. The summed E-state index contributed by atoms with van der Waals surface area (Å²) in [5.74, 6) is 0. The SMILES string of the molecule is CS(=O)(=O)[C@H](I)[C@H](O)c1ccc(Cl)cc1. The van der Waals surface area contributed by atoms with Gasteiger partial charge in [0.1, 0.15) is 9.36 Å². The second kappa shape index (κ2) is 4.99. The maximum Gasteiger partial charge on any atom is 0.162 e. The fourth-order valence-corrected chi connectivity index (χ4v) is 2.21. The molecule has 0 aliphatic rings. The van der Waals surface area contributed by atoms with Crippen molar-refractivity contribution < 1.29 is 13.5 Å². The lowest BCUT2D eigenvalue weighted by atomic mass is 10.1. The van der Waals surface area contributed by atoms with Crippen LogP contribution in [0.15, 0.2) is 24.3 Å². The van der Waals surface area contributed by atoms with Crippen LogP contribution in [0.2, 0.25) is 5.02 Å². The van der Waals surface area contributed by atoms with E-state index in [4.69, 9.17) is 11.6 Å². The maximum absolute atomic E-state index is 11.2. The van der Waals surface area contributed by atoms with Crippen molar-refractivity contribution in [2.24, 2.45) is 0 Å². The molecule has 0 fully saturated rings. The van der Waals surface area contributed by atoms with Crippen molar-refractivity contribution >= 4 is 44.0 Å². The molecule has 0 heterocycles. The molecule has 0 aliphatic heterocycles. The average molecular weight is 361 g/mol. The summed E-state index contributed by atoms with van der Waals surface area (Å²) in [7, 11) is -3.26. The van der Waals surface area contributed by atoms with Crippen molar-refractivity contribution in [2.75, 3.05) is 6.26 Å². The molecule has 0 aliphatic carbocycles. The van der Waals surface area contributed by atoms with Gasteiger partial charge in [0, 0.05) is 11.3 Å². The Morgan fingerprint density at radius 2 is 1.80 bits per heavy atom. The van der Waals surface area contributed by atoms with Gasteiger partial charge in [-0.1, -0.05) is 46.3 Å². The van der Waals surface area contributed by atoms with Crippen LogP contribution in [0.3, 0.4) is 0 Å². The summed E-state index contributed by atoms with van der Waals surface area (Å²) < 4.78 is 21.6. The Kier molecular flexibility index (Phi) is 4.39. The van der Waals surface area contributed by atoms with Crippen LogP contribution < -0.4 is 0 Å². The lowest BCUT2D eigenvalue weighted by Crippen LogP contribution is -2.21. The molecule has 1 aromatic rings. The smallest absolute Gasteiger partial charge is 0.162 e. The molecule has 15 heavy (non-hydrogen) atoms. The second-order valence-corrected chi connectivity index (χ2v) is 7.97. The number of sulfone groups is 1. The summed E-state index contributed by atoms with van der Waals surface area (Å²) >= 11 is 7.40. The van der Waals surface area contributed by atoms with E-state index in [1.165, 1.54) is 0 Å². The van der Waals surface area contributed by atoms with Gasteiger partial charge in [-0.15, -0.1) is 0 Å². The van der Waals surface area contributed by atoms with Crippen LogP contribution in [-0.4, -0.2) is 23.0 Å². The van der Waals surface area contributed by atoms with Crippen LogP contribution in [0, 0.1) is 0 Å². The van der Waals surface area contributed by atoms with Gasteiger partial charge in [0.2, 0.25) is 0 Å². The minimum Gasteiger partial charge on any atom is -0.386 e. The summed E-state index contributed by atoms with van der Waals surface area (Å²) in [6.45, 7) is 0. The highest BCUT2D eigenvalue weighted by Crippen LogP contribution is 2.27. The summed E-state index contributed by atoms with van der Waals surface area (Å²) in [6, 6.07) is 6.46. The van der Waals surface area contributed by atoms with E-state index in [2.05, 4.69) is 0 Å². The molecule has 1 aromatic carbocycles. The van der Waals surface area contributed by atoms with E-state index in [1.54, 1.807) is 46.9 Å². The first-order valence-corrected chi connectivity index (χ1v) is 7.66. The quantitative estimate of drug-likeness (QED) is 0.664. The van der Waals surface area contributed by atoms with Crippen molar-refractivity contribution in [1.82, 2.24) is 0 Å². The molecule has 1 N–H and O–H groups in total. The van der Waals surface area contributed by atoms with E-state index in [-0.39, 0.29) is 0 Å². The first kappa shape index (κ1) is 13.2. The third-order valence-electron chi connectivity index (χ3n) is 1.87. The molecular weight excluding hydrogens is 351 g/mol. The number of aliphatic hydroxyl groups is 1. The van der Waals surface area contributed by atoms with Crippen LogP contribution in [0.5, 0.6) is 0 Å². The fraction of sp³-hybridized carbons (Fsp3) is 0.333. The van der Waals surface area contributed by atoms with Gasteiger partial charge in [-0.2, -0.15) is 0 Å². The number of aliphatic hydroxyl groups excluding tert-OH is 1. The van der Waals surface area contributed by atoms with Crippen LogP contribution in [-0.2, 0) is 9.84 Å². The largest absolute Gasteiger partial charge is 0.386 e. The molecule has 0 saturated carbocycles. The number of benzene rings is 1. The third kappa shape index (κ3) is 3.58. The summed E-state index contributed by atoms with van der Waals surface area (Å²) in [5, 5.41) is 10.3. The van der Waals surface area contributed by atoms with Gasteiger partial charge in [-0.25, -0.2) is 8.42 Å². The molecular formula is C9H10ClIO3S. The molecule has 6 heteroatoms. The van der Waals surface area contributed by atoms with E-state index in [9.17, 15) is 13.5 Å². The maximum atomic E-state index is 11.2. The van der Waals surface area contributed by atoms with E-state index >= 15 is 0 Å². The molecule has 0 amide bonds. The Bertz CT molecular complexity index is 429. The predicted molar refractivity (Wildman–Crippen MR) is 69.1 cm³/mol. The Morgan fingerprint density at radius 1 is 1.33 bits per heavy atom. The summed E-state index contributed by atoms with van der Waals surface area (Å²) in [4.78, 5) is 0. The fourth-order valence-electron chi connectivity index (χ4n) is 1.05. The molecule has 3 nitrogen and oxygen atoms in total. The lowest BCUT2D eigenvalue weighted by Gasteiger charge is -2.15. The first-order valence-electron chi connectivity index (χ1n) is 4.09. The molecule has 0 spiro atoms. The van der Waals surface area contributed by atoms with Gasteiger partial charge in [0.05, 0.1) is 0 Å². The second-order valence-electron chi connectivity index (χ2n) is 3.18. The normalized spacial score (nSPS) is 16.0. The molecule has 0 aromatic heterocycles. The molecule has 2 atom stereocenters. The third-order valence-corrected chi connectivity index (χ3v) is 6.65. The zero-order valence-electron chi connectivity index (χ0n) is 7.89. The Labute approximate surface area is 108 Å². The van der Waals surface area contributed by atoms with Crippen molar-refractivity contribution in [3.63, 3.8) is 0 Å². The number of rotatable bonds is 3. The zero-order valence-corrected chi connectivity index (χ0v) is 11.6. The Hall–Kier alpha value is 0.150. The number of hydrogen-bond acceptors (Lipinski definition) is 3. The standard InChI is InChI=1S/C9H10ClIO3S/c1-15(13,14)9(11)8(12)6-2-4-7(10)5-3-6/h2-5,8-9,12H,1H3/t8-,9+/m1/s1. The Morgan fingerprint density at radius 3 is 2.20 bits per heavy atom. The van der Waals surface area contributed by atoms with E-state index in [0.29, 0.717) is 10.6 Å². The molecule has 1 rings (SSSR count). The zero-order chi connectivity index (χ0) is 11.6. The predicted octanol–water partition coefficient (Wildman–Crippen LogP) is 2.18. The Balaban J connectivity index is 2.95. The average Bonchev–Trinajstić information content (AvgIpc) is 2.15. The first-order chi connectivity index (χ1) is 6.82. The minimum absolute atomic E-state index is 0.546. The van der Waals surface area contributed by atoms with E-state index in [0.717, 1.165) is 6.26 Å². The van der Waals surface area contributed by atoms with Gasteiger partial charge in [0.15, 0.2) is 9.84 Å². The highest BCUT2D eigenvalue weighted by atomic mass is 127. The van der Waals surface area contributed by atoms with Crippen molar-refractivity contribution in [3.8, 4) is 0 Å². The highest BCUT2D eigenvalue weighted by molar-refractivity contribution is 14.1. The van der Waals surface area contributed by atoms with Crippen LogP contribution in [0.25, 0.3) is 0 Å². The summed E-state index contributed by atoms with van der Waals surface area (Å²) in [6.07, 6.45) is 0.0707. The van der Waals surface area contributed by atoms with Gasteiger partial charge < -0.3 is 5.11 Å². The van der Waals surface area contributed by atoms with Gasteiger partial charge in [0.25, 0.3) is 0 Å². The van der Waals surface area contributed by atoms with Crippen molar-refractivity contribution in [1.29, 1.82) is 0 Å². The topological polar surface area (TPSA) is 54.4 Å². The van der Waals surface area contributed by atoms with E-state index in [1.807, 2.05) is 0 Å².